The van der Waals surface area contributed by atoms with Crippen molar-refractivity contribution in [2.75, 3.05) is 20.1 Å². The van der Waals surface area contributed by atoms with E-state index in [2.05, 4.69) is 53.4 Å². The number of rotatable bonds is 7. The lowest BCUT2D eigenvalue weighted by Crippen LogP contribution is -2.39. The van der Waals surface area contributed by atoms with E-state index in [0.29, 0.717) is 0 Å². The molecule has 0 aliphatic rings. The molecule has 0 saturated carbocycles. The van der Waals surface area contributed by atoms with Gasteiger partial charge in [0.25, 0.3) is 0 Å². The van der Waals surface area contributed by atoms with Gasteiger partial charge in [0.1, 0.15) is 5.76 Å². The summed E-state index contributed by atoms with van der Waals surface area (Å²) in [5.41, 5.74) is 1.28. The molecule has 0 radical (unpaired) electrons. The minimum Gasteiger partial charge on any atom is -0.469 e. The molecule has 4 heteroatoms. The predicted molar refractivity (Wildman–Crippen MR) is 90.9 cm³/mol. The molecule has 0 saturated heterocycles. The third kappa shape index (κ3) is 5.28. The van der Waals surface area contributed by atoms with Crippen molar-refractivity contribution in [1.29, 1.82) is 0 Å². The second-order valence-corrected chi connectivity index (χ2v) is 5.30. The fourth-order valence-electron chi connectivity index (χ4n) is 2.21. The van der Waals surface area contributed by atoms with E-state index in [1.54, 1.807) is 6.26 Å². The van der Waals surface area contributed by atoms with E-state index in [1.807, 2.05) is 18.2 Å². The first-order valence-corrected chi connectivity index (χ1v) is 7.85. The van der Waals surface area contributed by atoms with Crippen molar-refractivity contribution in [3.05, 3.63) is 60.1 Å². The zero-order valence-electron chi connectivity index (χ0n) is 13.5. The standard InChI is InChI=1S/C18H25N3O/c1-3-12-19-18(20-13-11-17-10-7-14-22-17)21(2)15-16-8-5-4-6-9-16/h4-10,14H,3,11-13,15H2,1-2H3,(H,19,20). The molecule has 0 amide bonds. The first-order valence-electron chi connectivity index (χ1n) is 7.85. The average molecular weight is 299 g/mol. The summed E-state index contributed by atoms with van der Waals surface area (Å²) in [5, 5.41) is 3.43. The highest BCUT2D eigenvalue weighted by Gasteiger charge is 2.07. The van der Waals surface area contributed by atoms with Gasteiger partial charge in [-0.05, 0) is 24.1 Å². The summed E-state index contributed by atoms with van der Waals surface area (Å²) in [4.78, 5) is 6.82. The maximum Gasteiger partial charge on any atom is 0.193 e. The molecule has 2 aromatic rings. The monoisotopic (exact) mass is 299 g/mol. The van der Waals surface area contributed by atoms with Gasteiger partial charge in [-0.1, -0.05) is 37.3 Å². The lowest BCUT2D eigenvalue weighted by atomic mass is 10.2. The van der Waals surface area contributed by atoms with E-state index >= 15 is 0 Å². The van der Waals surface area contributed by atoms with Crippen LogP contribution in [0.5, 0.6) is 0 Å². The number of hydrogen-bond donors (Lipinski definition) is 1. The smallest absolute Gasteiger partial charge is 0.193 e. The fourth-order valence-corrected chi connectivity index (χ4v) is 2.21. The molecule has 0 unspecified atom stereocenters. The van der Waals surface area contributed by atoms with Crippen molar-refractivity contribution < 1.29 is 4.42 Å². The Balaban J connectivity index is 1.90. The Bertz CT molecular complexity index is 549. The topological polar surface area (TPSA) is 40.8 Å². The van der Waals surface area contributed by atoms with Crippen LogP contribution >= 0.6 is 0 Å². The van der Waals surface area contributed by atoms with Gasteiger partial charge in [0.2, 0.25) is 0 Å². The van der Waals surface area contributed by atoms with Gasteiger partial charge in [-0.2, -0.15) is 0 Å². The molecule has 2 rings (SSSR count). The zero-order valence-corrected chi connectivity index (χ0v) is 13.5. The van der Waals surface area contributed by atoms with E-state index < -0.39 is 0 Å². The number of guanidine groups is 1. The molecular weight excluding hydrogens is 274 g/mol. The normalized spacial score (nSPS) is 11.5. The third-order valence-electron chi connectivity index (χ3n) is 3.34. The molecule has 4 nitrogen and oxygen atoms in total. The van der Waals surface area contributed by atoms with Crippen LogP contribution in [0.2, 0.25) is 0 Å². The minimum atomic E-state index is 0.815. The van der Waals surface area contributed by atoms with Gasteiger partial charge in [-0.25, -0.2) is 0 Å². The number of nitrogens with one attached hydrogen (secondary N) is 1. The van der Waals surface area contributed by atoms with Crippen LogP contribution in [0.25, 0.3) is 0 Å². The summed E-state index contributed by atoms with van der Waals surface area (Å²) in [7, 11) is 2.07. The van der Waals surface area contributed by atoms with Crippen molar-refractivity contribution in [2.24, 2.45) is 4.99 Å². The number of benzene rings is 1. The first-order chi connectivity index (χ1) is 10.8. The van der Waals surface area contributed by atoms with E-state index in [9.17, 15) is 0 Å². The summed E-state index contributed by atoms with van der Waals surface area (Å²) in [6, 6.07) is 14.4. The number of furan rings is 1. The summed E-state index contributed by atoms with van der Waals surface area (Å²) in [6.45, 7) is 4.63. The van der Waals surface area contributed by atoms with Gasteiger partial charge in [0.05, 0.1) is 6.26 Å². The highest BCUT2D eigenvalue weighted by molar-refractivity contribution is 5.79. The molecule has 0 fully saturated rings. The van der Waals surface area contributed by atoms with Crippen LogP contribution in [0, 0.1) is 0 Å². The lowest BCUT2D eigenvalue weighted by molar-refractivity contribution is 0.468. The minimum absolute atomic E-state index is 0.815. The Morgan fingerprint density at radius 1 is 1.18 bits per heavy atom. The molecule has 22 heavy (non-hydrogen) atoms. The van der Waals surface area contributed by atoms with Crippen molar-refractivity contribution in [3.8, 4) is 0 Å². The van der Waals surface area contributed by atoms with Gasteiger partial charge >= 0.3 is 0 Å². The highest BCUT2D eigenvalue weighted by Crippen LogP contribution is 2.04. The number of hydrogen-bond acceptors (Lipinski definition) is 2. The second-order valence-electron chi connectivity index (χ2n) is 5.30. The average Bonchev–Trinajstić information content (AvgIpc) is 3.05. The Labute approximate surface area is 132 Å². The summed E-state index contributed by atoms with van der Waals surface area (Å²) in [5.74, 6) is 1.94. The van der Waals surface area contributed by atoms with Crippen LogP contribution in [0.3, 0.4) is 0 Å². The first kappa shape index (κ1) is 16.1. The Morgan fingerprint density at radius 2 is 2.00 bits per heavy atom. The lowest BCUT2D eigenvalue weighted by Gasteiger charge is -2.22. The van der Waals surface area contributed by atoms with E-state index in [-0.39, 0.29) is 0 Å². The summed E-state index contributed by atoms with van der Waals surface area (Å²) < 4.78 is 5.36. The molecule has 0 bridgehead atoms. The Morgan fingerprint density at radius 3 is 2.68 bits per heavy atom. The van der Waals surface area contributed by atoms with Gasteiger partial charge < -0.3 is 14.6 Å². The van der Waals surface area contributed by atoms with Crippen LogP contribution < -0.4 is 5.32 Å². The molecule has 0 atom stereocenters. The Kier molecular flexibility index (Phi) is 6.55. The largest absolute Gasteiger partial charge is 0.469 e. The fraction of sp³-hybridized carbons (Fsp3) is 0.389. The number of aliphatic imine (C=N–C) groups is 1. The van der Waals surface area contributed by atoms with Gasteiger partial charge in [0, 0.05) is 33.1 Å². The highest BCUT2D eigenvalue weighted by atomic mass is 16.3. The SMILES string of the molecule is CCCN=C(NCCc1ccco1)N(C)Cc1ccccc1. The van der Waals surface area contributed by atoms with Crippen LogP contribution in [0.1, 0.15) is 24.7 Å². The molecule has 1 aromatic carbocycles. The maximum atomic E-state index is 5.36. The van der Waals surface area contributed by atoms with E-state index in [1.165, 1.54) is 5.56 Å². The third-order valence-corrected chi connectivity index (χ3v) is 3.34. The van der Waals surface area contributed by atoms with Gasteiger partial charge in [0.15, 0.2) is 5.96 Å². The van der Waals surface area contributed by atoms with Crippen molar-refractivity contribution in [1.82, 2.24) is 10.2 Å². The van der Waals surface area contributed by atoms with Crippen molar-refractivity contribution in [3.63, 3.8) is 0 Å². The van der Waals surface area contributed by atoms with Crippen LogP contribution in [0.4, 0.5) is 0 Å². The molecule has 0 spiro atoms. The van der Waals surface area contributed by atoms with E-state index in [0.717, 1.165) is 44.2 Å². The van der Waals surface area contributed by atoms with Crippen molar-refractivity contribution in [2.45, 2.75) is 26.3 Å². The molecule has 0 aliphatic carbocycles. The molecular formula is C18H25N3O. The predicted octanol–water partition coefficient (Wildman–Crippen LogP) is 3.31. The molecule has 1 heterocycles. The maximum absolute atomic E-state index is 5.36. The van der Waals surface area contributed by atoms with Gasteiger partial charge in [-0.3, -0.25) is 4.99 Å². The molecule has 1 N–H and O–H groups in total. The summed E-state index contributed by atoms with van der Waals surface area (Å²) >= 11 is 0. The number of nitrogens with zero attached hydrogens (tertiary/aromatic N) is 2. The van der Waals surface area contributed by atoms with Crippen LogP contribution in [-0.2, 0) is 13.0 Å². The summed E-state index contributed by atoms with van der Waals surface area (Å²) in [6.07, 6.45) is 3.61. The molecule has 118 valence electrons. The Hall–Kier alpha value is -2.23. The van der Waals surface area contributed by atoms with Crippen LogP contribution in [-0.4, -0.2) is 31.0 Å². The molecule has 1 aromatic heterocycles. The van der Waals surface area contributed by atoms with Gasteiger partial charge in [-0.15, -0.1) is 0 Å². The van der Waals surface area contributed by atoms with E-state index in [4.69, 9.17) is 4.42 Å². The van der Waals surface area contributed by atoms with Crippen molar-refractivity contribution >= 4 is 5.96 Å². The van der Waals surface area contributed by atoms with Crippen LogP contribution in [0.15, 0.2) is 58.1 Å². The quantitative estimate of drug-likeness (QED) is 0.630. The zero-order chi connectivity index (χ0) is 15.6. The second kappa shape index (κ2) is 8.93. The molecule has 0 aliphatic heterocycles.